The Kier molecular flexibility index (Phi) is 6.08. The SMILES string of the molecule is O=C(NCc1cccc(C(F)(F)F)c1)c1cnc(N2CCN(c3ccccn3)CC2)s1. The van der Waals surface area contributed by atoms with E-state index in [1.54, 1.807) is 12.3 Å². The van der Waals surface area contributed by atoms with Crippen molar-refractivity contribution in [1.29, 1.82) is 0 Å². The standard InChI is InChI=1S/C21H20F3N5OS/c22-21(23,24)16-5-3-4-15(12-16)13-26-19(30)17-14-27-20(31-17)29-10-8-28(9-11-29)18-6-1-2-7-25-18/h1-7,12,14H,8-11,13H2,(H,26,30). The summed E-state index contributed by atoms with van der Waals surface area (Å²) in [6.07, 6.45) is -1.13. The van der Waals surface area contributed by atoms with E-state index in [0.717, 1.165) is 49.3 Å². The third-order valence-electron chi connectivity index (χ3n) is 4.95. The molecule has 31 heavy (non-hydrogen) atoms. The molecule has 1 N–H and O–H groups in total. The maximum atomic E-state index is 12.8. The molecule has 6 nitrogen and oxygen atoms in total. The maximum absolute atomic E-state index is 12.8. The van der Waals surface area contributed by atoms with E-state index in [2.05, 4.69) is 25.1 Å². The molecule has 10 heteroatoms. The summed E-state index contributed by atoms with van der Waals surface area (Å²) in [7, 11) is 0. The highest BCUT2D eigenvalue weighted by molar-refractivity contribution is 7.17. The summed E-state index contributed by atoms with van der Waals surface area (Å²) >= 11 is 1.28. The van der Waals surface area contributed by atoms with Crippen LogP contribution >= 0.6 is 11.3 Å². The molecule has 0 aliphatic carbocycles. The van der Waals surface area contributed by atoms with Crippen LogP contribution in [0.15, 0.2) is 54.9 Å². The zero-order valence-electron chi connectivity index (χ0n) is 16.5. The van der Waals surface area contributed by atoms with Gasteiger partial charge in [-0.3, -0.25) is 4.79 Å². The number of alkyl halides is 3. The first kappa shape index (κ1) is 21.1. The molecular formula is C21H20F3N5OS. The van der Waals surface area contributed by atoms with E-state index in [1.165, 1.54) is 23.6 Å². The minimum absolute atomic E-state index is 0.0126. The summed E-state index contributed by atoms with van der Waals surface area (Å²) in [5.74, 6) is 0.587. The topological polar surface area (TPSA) is 61.4 Å². The van der Waals surface area contributed by atoms with E-state index in [0.29, 0.717) is 10.4 Å². The average Bonchev–Trinajstić information content (AvgIpc) is 3.28. The average molecular weight is 447 g/mol. The van der Waals surface area contributed by atoms with Crippen LogP contribution in [0.2, 0.25) is 0 Å². The van der Waals surface area contributed by atoms with Crippen LogP contribution in [0.3, 0.4) is 0 Å². The predicted octanol–water partition coefficient (Wildman–Crippen LogP) is 3.81. The highest BCUT2D eigenvalue weighted by atomic mass is 32.1. The van der Waals surface area contributed by atoms with E-state index < -0.39 is 11.7 Å². The minimum atomic E-state index is -4.41. The molecule has 1 aliphatic heterocycles. The van der Waals surface area contributed by atoms with Gasteiger partial charge < -0.3 is 15.1 Å². The monoisotopic (exact) mass is 447 g/mol. The fraction of sp³-hybridized carbons (Fsp3) is 0.286. The number of piperazine rings is 1. The van der Waals surface area contributed by atoms with E-state index in [-0.39, 0.29) is 12.5 Å². The number of anilines is 2. The minimum Gasteiger partial charge on any atom is -0.353 e. The number of hydrogen-bond acceptors (Lipinski definition) is 6. The summed E-state index contributed by atoms with van der Waals surface area (Å²) in [5.41, 5.74) is -0.345. The molecule has 0 bridgehead atoms. The number of pyridine rings is 1. The van der Waals surface area contributed by atoms with Gasteiger partial charge in [-0.05, 0) is 29.8 Å². The smallest absolute Gasteiger partial charge is 0.353 e. The summed E-state index contributed by atoms with van der Waals surface area (Å²) in [5, 5.41) is 3.42. The quantitative estimate of drug-likeness (QED) is 0.645. The third-order valence-corrected chi connectivity index (χ3v) is 6.01. The molecule has 3 heterocycles. The Balaban J connectivity index is 1.32. The molecule has 1 saturated heterocycles. The van der Waals surface area contributed by atoms with Crippen LogP contribution in [0.1, 0.15) is 20.8 Å². The second kappa shape index (κ2) is 8.93. The van der Waals surface area contributed by atoms with E-state index in [9.17, 15) is 18.0 Å². The molecule has 1 aromatic carbocycles. The van der Waals surface area contributed by atoms with Crippen LogP contribution in [-0.4, -0.2) is 42.1 Å². The lowest BCUT2D eigenvalue weighted by Gasteiger charge is -2.35. The van der Waals surface area contributed by atoms with E-state index in [4.69, 9.17) is 0 Å². The first-order chi connectivity index (χ1) is 14.9. The second-order valence-electron chi connectivity index (χ2n) is 7.05. The van der Waals surface area contributed by atoms with Crippen molar-refractivity contribution in [3.8, 4) is 0 Å². The molecule has 0 spiro atoms. The van der Waals surface area contributed by atoms with Crippen molar-refractivity contribution >= 4 is 28.2 Å². The zero-order chi connectivity index (χ0) is 21.8. The van der Waals surface area contributed by atoms with Crippen LogP contribution in [0.25, 0.3) is 0 Å². The summed E-state index contributed by atoms with van der Waals surface area (Å²) < 4.78 is 38.5. The maximum Gasteiger partial charge on any atom is 0.416 e. The van der Waals surface area contributed by atoms with Crippen molar-refractivity contribution in [1.82, 2.24) is 15.3 Å². The first-order valence-electron chi connectivity index (χ1n) is 9.71. The van der Waals surface area contributed by atoms with Gasteiger partial charge in [0.25, 0.3) is 5.91 Å². The van der Waals surface area contributed by atoms with Gasteiger partial charge in [0.1, 0.15) is 10.7 Å². The Morgan fingerprint density at radius 2 is 1.81 bits per heavy atom. The largest absolute Gasteiger partial charge is 0.416 e. The number of carbonyl (C=O) groups excluding carboxylic acids is 1. The summed E-state index contributed by atoms with van der Waals surface area (Å²) in [6.45, 7) is 3.13. The lowest BCUT2D eigenvalue weighted by atomic mass is 10.1. The Bertz CT molecular complexity index is 1030. The number of aromatic nitrogens is 2. The predicted molar refractivity (Wildman–Crippen MR) is 113 cm³/mol. The number of amides is 1. The molecule has 4 rings (SSSR count). The lowest BCUT2D eigenvalue weighted by molar-refractivity contribution is -0.137. The fourth-order valence-electron chi connectivity index (χ4n) is 3.31. The number of benzene rings is 1. The Hall–Kier alpha value is -3.14. The molecule has 2 aromatic heterocycles. The molecule has 162 valence electrons. The van der Waals surface area contributed by atoms with Gasteiger partial charge in [-0.1, -0.05) is 29.5 Å². The fourth-order valence-corrected chi connectivity index (χ4v) is 4.19. The number of nitrogens with zero attached hydrogens (tertiary/aromatic N) is 4. The van der Waals surface area contributed by atoms with Crippen molar-refractivity contribution in [2.24, 2.45) is 0 Å². The molecular weight excluding hydrogens is 427 g/mol. The normalized spacial score (nSPS) is 14.5. The van der Waals surface area contributed by atoms with Crippen molar-refractivity contribution in [3.63, 3.8) is 0 Å². The van der Waals surface area contributed by atoms with Gasteiger partial charge in [0.05, 0.1) is 11.8 Å². The van der Waals surface area contributed by atoms with Gasteiger partial charge in [0, 0.05) is 38.9 Å². The molecule has 3 aromatic rings. The molecule has 0 radical (unpaired) electrons. The Labute approximate surface area is 181 Å². The Morgan fingerprint density at radius 1 is 1.03 bits per heavy atom. The highest BCUT2D eigenvalue weighted by Gasteiger charge is 2.30. The number of nitrogens with one attached hydrogen (secondary N) is 1. The van der Waals surface area contributed by atoms with Crippen LogP contribution in [0, 0.1) is 0 Å². The molecule has 1 fully saturated rings. The van der Waals surface area contributed by atoms with Gasteiger partial charge in [-0.25, -0.2) is 9.97 Å². The molecule has 0 unspecified atom stereocenters. The van der Waals surface area contributed by atoms with Crippen LogP contribution < -0.4 is 15.1 Å². The highest BCUT2D eigenvalue weighted by Crippen LogP contribution is 2.29. The summed E-state index contributed by atoms with van der Waals surface area (Å²) in [4.78, 5) is 25.9. The number of hydrogen-bond donors (Lipinski definition) is 1. The second-order valence-corrected chi connectivity index (χ2v) is 8.06. The van der Waals surface area contributed by atoms with Gasteiger partial charge >= 0.3 is 6.18 Å². The molecule has 0 saturated carbocycles. The number of rotatable bonds is 5. The number of thiazole rings is 1. The van der Waals surface area contributed by atoms with Gasteiger partial charge in [-0.2, -0.15) is 13.2 Å². The lowest BCUT2D eigenvalue weighted by Crippen LogP contribution is -2.46. The Morgan fingerprint density at radius 3 is 2.52 bits per heavy atom. The molecule has 0 atom stereocenters. The molecule has 1 amide bonds. The molecule has 1 aliphatic rings. The van der Waals surface area contributed by atoms with Crippen molar-refractivity contribution in [2.45, 2.75) is 12.7 Å². The van der Waals surface area contributed by atoms with Gasteiger partial charge in [-0.15, -0.1) is 0 Å². The first-order valence-corrected chi connectivity index (χ1v) is 10.5. The van der Waals surface area contributed by atoms with Crippen LogP contribution in [0.4, 0.5) is 24.1 Å². The number of halogens is 3. The van der Waals surface area contributed by atoms with Crippen LogP contribution in [0.5, 0.6) is 0 Å². The zero-order valence-corrected chi connectivity index (χ0v) is 17.3. The van der Waals surface area contributed by atoms with Crippen molar-refractivity contribution < 1.29 is 18.0 Å². The van der Waals surface area contributed by atoms with Gasteiger partial charge in [0.2, 0.25) is 0 Å². The van der Waals surface area contributed by atoms with Gasteiger partial charge in [0.15, 0.2) is 5.13 Å². The summed E-state index contributed by atoms with van der Waals surface area (Å²) in [6, 6.07) is 10.8. The van der Waals surface area contributed by atoms with E-state index in [1.807, 2.05) is 18.2 Å². The van der Waals surface area contributed by atoms with Crippen molar-refractivity contribution in [2.75, 3.05) is 36.0 Å². The van der Waals surface area contributed by atoms with E-state index >= 15 is 0 Å². The third kappa shape index (κ3) is 5.13. The van der Waals surface area contributed by atoms with Crippen molar-refractivity contribution in [3.05, 3.63) is 70.9 Å². The van der Waals surface area contributed by atoms with Crippen LogP contribution in [-0.2, 0) is 12.7 Å². The number of carbonyl (C=O) groups is 1.